The standard InChI is InChI=1S/C13H19ClO3/c1-4-5-6-10(15)9-7-8-11(16-2)13(17-3)12(9)14/h7-8,10,15H,4-6H2,1-3H3. The summed E-state index contributed by atoms with van der Waals surface area (Å²) in [4.78, 5) is 0. The second kappa shape index (κ2) is 6.72. The van der Waals surface area contributed by atoms with Crippen LogP contribution in [0.2, 0.25) is 5.02 Å². The molecule has 0 saturated carbocycles. The summed E-state index contributed by atoms with van der Waals surface area (Å²) in [5, 5.41) is 10.5. The Labute approximate surface area is 107 Å². The molecule has 1 rings (SSSR count). The van der Waals surface area contributed by atoms with E-state index in [4.69, 9.17) is 21.1 Å². The third-order valence-electron chi connectivity index (χ3n) is 2.71. The van der Waals surface area contributed by atoms with Crippen LogP contribution < -0.4 is 9.47 Å². The molecule has 0 heterocycles. The fraction of sp³-hybridized carbons (Fsp3) is 0.538. The first-order valence-corrected chi connectivity index (χ1v) is 6.11. The van der Waals surface area contributed by atoms with Gasteiger partial charge in [-0.05, 0) is 12.5 Å². The SMILES string of the molecule is CCCCC(O)c1ccc(OC)c(OC)c1Cl. The van der Waals surface area contributed by atoms with E-state index in [1.165, 1.54) is 7.11 Å². The average Bonchev–Trinajstić information content (AvgIpc) is 2.35. The van der Waals surface area contributed by atoms with Crippen LogP contribution in [0.25, 0.3) is 0 Å². The van der Waals surface area contributed by atoms with Gasteiger partial charge in [0.2, 0.25) is 0 Å². The van der Waals surface area contributed by atoms with Gasteiger partial charge in [-0.15, -0.1) is 0 Å². The average molecular weight is 259 g/mol. The summed E-state index contributed by atoms with van der Waals surface area (Å²) >= 11 is 6.20. The first-order valence-electron chi connectivity index (χ1n) is 5.74. The van der Waals surface area contributed by atoms with Gasteiger partial charge >= 0.3 is 0 Å². The van der Waals surface area contributed by atoms with Gasteiger partial charge in [0.15, 0.2) is 11.5 Å². The van der Waals surface area contributed by atoms with E-state index in [1.807, 2.05) is 0 Å². The van der Waals surface area contributed by atoms with E-state index in [-0.39, 0.29) is 0 Å². The molecule has 0 radical (unpaired) electrons. The molecule has 4 heteroatoms. The summed E-state index contributed by atoms with van der Waals surface area (Å²) in [6, 6.07) is 3.54. The third-order valence-corrected chi connectivity index (χ3v) is 3.09. The first-order chi connectivity index (χ1) is 8.15. The maximum Gasteiger partial charge on any atom is 0.179 e. The van der Waals surface area contributed by atoms with E-state index in [1.54, 1.807) is 19.2 Å². The van der Waals surface area contributed by atoms with Crippen LogP contribution in [-0.2, 0) is 0 Å². The highest BCUT2D eigenvalue weighted by atomic mass is 35.5. The summed E-state index contributed by atoms with van der Waals surface area (Å²) in [5.41, 5.74) is 0.692. The normalized spacial score (nSPS) is 12.3. The highest BCUT2D eigenvalue weighted by Gasteiger charge is 2.17. The Morgan fingerprint density at radius 1 is 1.29 bits per heavy atom. The van der Waals surface area contributed by atoms with Crippen molar-refractivity contribution in [1.82, 2.24) is 0 Å². The summed E-state index contributed by atoms with van der Waals surface area (Å²) in [6.45, 7) is 2.09. The number of unbranched alkanes of at least 4 members (excludes halogenated alkanes) is 1. The molecule has 0 aliphatic carbocycles. The minimum Gasteiger partial charge on any atom is -0.493 e. The van der Waals surface area contributed by atoms with Gasteiger partial charge in [-0.1, -0.05) is 37.4 Å². The van der Waals surface area contributed by atoms with E-state index in [0.29, 0.717) is 28.5 Å². The van der Waals surface area contributed by atoms with Crippen LogP contribution >= 0.6 is 11.6 Å². The fourth-order valence-electron chi connectivity index (χ4n) is 1.71. The topological polar surface area (TPSA) is 38.7 Å². The highest BCUT2D eigenvalue weighted by molar-refractivity contribution is 6.33. The first kappa shape index (κ1) is 14.1. The van der Waals surface area contributed by atoms with Crippen LogP contribution in [0.1, 0.15) is 37.9 Å². The molecule has 0 spiro atoms. The molecule has 3 nitrogen and oxygen atoms in total. The van der Waals surface area contributed by atoms with E-state index in [2.05, 4.69) is 6.92 Å². The monoisotopic (exact) mass is 258 g/mol. The van der Waals surface area contributed by atoms with Crippen molar-refractivity contribution in [3.63, 3.8) is 0 Å². The van der Waals surface area contributed by atoms with Crippen molar-refractivity contribution in [1.29, 1.82) is 0 Å². The summed E-state index contributed by atoms with van der Waals surface area (Å²) < 4.78 is 10.3. The van der Waals surface area contributed by atoms with Gasteiger partial charge < -0.3 is 14.6 Å². The highest BCUT2D eigenvalue weighted by Crippen LogP contribution is 2.40. The molecular formula is C13H19ClO3. The van der Waals surface area contributed by atoms with Crippen molar-refractivity contribution in [2.45, 2.75) is 32.3 Å². The van der Waals surface area contributed by atoms with Crippen LogP contribution in [0.15, 0.2) is 12.1 Å². The zero-order chi connectivity index (χ0) is 12.8. The molecule has 1 N–H and O–H groups in total. The Bertz CT molecular complexity index is 366. The quantitative estimate of drug-likeness (QED) is 0.848. The Hall–Kier alpha value is -0.930. The van der Waals surface area contributed by atoms with Gasteiger partial charge in [-0.2, -0.15) is 0 Å². The van der Waals surface area contributed by atoms with E-state index in [9.17, 15) is 5.11 Å². The molecule has 0 fully saturated rings. The van der Waals surface area contributed by atoms with Gasteiger partial charge in [0.1, 0.15) is 0 Å². The Kier molecular flexibility index (Phi) is 5.59. The van der Waals surface area contributed by atoms with Gasteiger partial charge in [0.05, 0.1) is 25.3 Å². The lowest BCUT2D eigenvalue weighted by atomic mass is 10.0. The molecule has 17 heavy (non-hydrogen) atoms. The van der Waals surface area contributed by atoms with Gasteiger partial charge in [0, 0.05) is 5.56 Å². The Morgan fingerprint density at radius 2 is 2.00 bits per heavy atom. The molecule has 0 saturated heterocycles. The summed E-state index contributed by atoms with van der Waals surface area (Å²) in [7, 11) is 3.09. The lowest BCUT2D eigenvalue weighted by Crippen LogP contribution is -2.01. The van der Waals surface area contributed by atoms with Crippen molar-refractivity contribution in [3.05, 3.63) is 22.7 Å². The van der Waals surface area contributed by atoms with Crippen molar-refractivity contribution < 1.29 is 14.6 Å². The smallest absolute Gasteiger partial charge is 0.179 e. The van der Waals surface area contributed by atoms with Gasteiger partial charge in [-0.25, -0.2) is 0 Å². The summed E-state index contributed by atoms with van der Waals surface area (Å²) in [6.07, 6.45) is 2.15. The van der Waals surface area contributed by atoms with Crippen molar-refractivity contribution in [2.75, 3.05) is 14.2 Å². The number of hydrogen-bond donors (Lipinski definition) is 1. The van der Waals surface area contributed by atoms with Crippen molar-refractivity contribution in [3.8, 4) is 11.5 Å². The number of aliphatic hydroxyl groups is 1. The third kappa shape index (κ3) is 3.27. The van der Waals surface area contributed by atoms with Crippen LogP contribution in [0, 0.1) is 0 Å². The number of halogens is 1. The molecule has 1 aromatic rings. The largest absolute Gasteiger partial charge is 0.493 e. The molecule has 0 amide bonds. The molecule has 0 aliphatic rings. The lowest BCUT2D eigenvalue weighted by molar-refractivity contribution is 0.164. The minimum absolute atomic E-state index is 0.426. The van der Waals surface area contributed by atoms with E-state index >= 15 is 0 Å². The predicted molar refractivity (Wildman–Crippen MR) is 69.0 cm³/mol. The number of rotatable bonds is 6. The Morgan fingerprint density at radius 3 is 2.53 bits per heavy atom. The maximum absolute atomic E-state index is 10.0. The molecule has 1 aromatic carbocycles. The second-order valence-electron chi connectivity index (χ2n) is 3.86. The van der Waals surface area contributed by atoms with E-state index in [0.717, 1.165) is 12.8 Å². The fourth-order valence-corrected chi connectivity index (χ4v) is 2.07. The second-order valence-corrected chi connectivity index (χ2v) is 4.24. The van der Waals surface area contributed by atoms with Crippen molar-refractivity contribution >= 4 is 11.6 Å². The van der Waals surface area contributed by atoms with Crippen LogP contribution in [-0.4, -0.2) is 19.3 Å². The van der Waals surface area contributed by atoms with Gasteiger partial charge in [0.25, 0.3) is 0 Å². The van der Waals surface area contributed by atoms with Gasteiger partial charge in [-0.3, -0.25) is 0 Å². The zero-order valence-electron chi connectivity index (χ0n) is 10.5. The minimum atomic E-state index is -0.553. The van der Waals surface area contributed by atoms with E-state index < -0.39 is 6.10 Å². The maximum atomic E-state index is 10.0. The number of methoxy groups -OCH3 is 2. The number of hydrogen-bond acceptors (Lipinski definition) is 3. The molecular weight excluding hydrogens is 240 g/mol. The molecule has 1 atom stereocenters. The van der Waals surface area contributed by atoms with Crippen LogP contribution in [0.3, 0.4) is 0 Å². The van der Waals surface area contributed by atoms with Crippen LogP contribution in [0.5, 0.6) is 11.5 Å². The Balaban J connectivity index is 3.01. The summed E-state index contributed by atoms with van der Waals surface area (Å²) in [5.74, 6) is 1.05. The van der Waals surface area contributed by atoms with Crippen molar-refractivity contribution in [2.24, 2.45) is 0 Å². The molecule has 1 unspecified atom stereocenters. The zero-order valence-corrected chi connectivity index (χ0v) is 11.3. The predicted octanol–water partition coefficient (Wildman–Crippen LogP) is 3.58. The van der Waals surface area contributed by atoms with Crippen LogP contribution in [0.4, 0.5) is 0 Å². The lowest BCUT2D eigenvalue weighted by Gasteiger charge is -2.16. The molecule has 0 aromatic heterocycles. The molecule has 96 valence electrons. The number of aliphatic hydroxyl groups excluding tert-OH is 1. The molecule has 0 bridgehead atoms. The molecule has 0 aliphatic heterocycles. The number of ether oxygens (including phenoxy) is 2. The number of benzene rings is 1.